The Balaban J connectivity index is 2.28. The third-order valence-corrected chi connectivity index (χ3v) is 3.30. The van der Waals surface area contributed by atoms with Crippen LogP contribution >= 0.6 is 11.3 Å². The fourth-order valence-corrected chi connectivity index (χ4v) is 2.19. The third-order valence-electron chi connectivity index (χ3n) is 2.30. The highest BCUT2D eigenvalue weighted by Crippen LogP contribution is 2.14. The quantitative estimate of drug-likeness (QED) is 0.480. The lowest BCUT2D eigenvalue weighted by Crippen LogP contribution is -2.37. The van der Waals surface area contributed by atoms with E-state index in [1.54, 1.807) is 18.4 Å². The molecule has 1 rings (SSSR count). The van der Waals surface area contributed by atoms with Crippen molar-refractivity contribution < 1.29 is 9.53 Å². The van der Waals surface area contributed by atoms with Crippen molar-refractivity contribution in [2.45, 2.75) is 19.9 Å². The molecule has 1 heterocycles. The molecule has 5 nitrogen and oxygen atoms in total. The minimum absolute atomic E-state index is 0.230. The van der Waals surface area contributed by atoms with Crippen molar-refractivity contribution in [3.63, 3.8) is 0 Å². The van der Waals surface area contributed by atoms with Crippen LogP contribution in [0.25, 0.3) is 0 Å². The summed E-state index contributed by atoms with van der Waals surface area (Å²) in [5, 5.41) is 6.24. The molecular weight excluding hydrogens is 250 g/mol. The minimum atomic E-state index is -0.230. The predicted octanol–water partition coefficient (Wildman–Crippen LogP) is 1.28. The molecule has 0 saturated heterocycles. The summed E-state index contributed by atoms with van der Waals surface area (Å²) in [6.45, 7) is 3.32. The van der Waals surface area contributed by atoms with Crippen LogP contribution in [-0.2, 0) is 16.1 Å². The highest BCUT2D eigenvalue weighted by Gasteiger charge is 2.02. The van der Waals surface area contributed by atoms with Gasteiger partial charge in [0.15, 0.2) is 5.96 Å². The molecule has 2 N–H and O–H groups in total. The van der Waals surface area contributed by atoms with Crippen LogP contribution in [0.1, 0.15) is 16.2 Å². The van der Waals surface area contributed by atoms with Gasteiger partial charge in [0.2, 0.25) is 0 Å². The molecule has 0 aromatic carbocycles. The van der Waals surface area contributed by atoms with Crippen LogP contribution in [0.5, 0.6) is 0 Å². The number of aliphatic imine (C=N–C) groups is 1. The molecule has 0 bridgehead atoms. The van der Waals surface area contributed by atoms with Crippen LogP contribution in [0.2, 0.25) is 0 Å². The molecule has 0 atom stereocenters. The first-order valence-electron chi connectivity index (χ1n) is 5.72. The zero-order chi connectivity index (χ0) is 13.4. The summed E-state index contributed by atoms with van der Waals surface area (Å²) in [7, 11) is 3.08. The number of rotatable bonds is 5. The van der Waals surface area contributed by atoms with Crippen LogP contribution < -0.4 is 10.6 Å². The lowest BCUT2D eigenvalue weighted by molar-refractivity contribution is -0.140. The maximum atomic E-state index is 10.9. The number of hydrogen-bond acceptors (Lipinski definition) is 4. The SMILES string of the molecule is CN=C(NCCC(=O)OC)NCc1ccc(C)s1. The van der Waals surface area contributed by atoms with Crippen LogP contribution in [0.4, 0.5) is 0 Å². The Morgan fingerprint density at radius 1 is 1.44 bits per heavy atom. The maximum Gasteiger partial charge on any atom is 0.307 e. The summed E-state index contributed by atoms with van der Waals surface area (Å²) in [6.07, 6.45) is 0.329. The number of carbonyl (C=O) groups is 1. The van der Waals surface area contributed by atoms with Gasteiger partial charge >= 0.3 is 5.97 Å². The van der Waals surface area contributed by atoms with Crippen molar-refractivity contribution in [2.75, 3.05) is 20.7 Å². The molecule has 0 radical (unpaired) electrons. The van der Waals surface area contributed by atoms with Crippen molar-refractivity contribution in [1.29, 1.82) is 0 Å². The van der Waals surface area contributed by atoms with Gasteiger partial charge < -0.3 is 15.4 Å². The van der Waals surface area contributed by atoms with Crippen LogP contribution in [0.3, 0.4) is 0 Å². The van der Waals surface area contributed by atoms with Gasteiger partial charge in [0, 0.05) is 23.3 Å². The smallest absolute Gasteiger partial charge is 0.307 e. The molecule has 100 valence electrons. The Morgan fingerprint density at radius 2 is 2.22 bits per heavy atom. The van der Waals surface area contributed by atoms with E-state index in [1.807, 2.05) is 0 Å². The molecule has 0 unspecified atom stereocenters. The Hall–Kier alpha value is -1.56. The van der Waals surface area contributed by atoms with Crippen molar-refractivity contribution >= 4 is 23.3 Å². The van der Waals surface area contributed by atoms with E-state index >= 15 is 0 Å². The van der Waals surface area contributed by atoms with Gasteiger partial charge in [-0.2, -0.15) is 0 Å². The lowest BCUT2D eigenvalue weighted by atomic mass is 10.4. The first-order valence-corrected chi connectivity index (χ1v) is 6.54. The molecule has 0 spiro atoms. The molecule has 6 heteroatoms. The normalized spacial score (nSPS) is 11.2. The van der Waals surface area contributed by atoms with E-state index in [9.17, 15) is 4.79 Å². The average molecular weight is 269 g/mol. The van der Waals surface area contributed by atoms with Gasteiger partial charge in [0.1, 0.15) is 0 Å². The van der Waals surface area contributed by atoms with Gasteiger partial charge in [-0.15, -0.1) is 11.3 Å². The molecule has 1 aromatic heterocycles. The average Bonchev–Trinajstić information content (AvgIpc) is 2.79. The summed E-state index contributed by atoms with van der Waals surface area (Å²) in [5.74, 6) is 0.455. The van der Waals surface area contributed by atoms with Crippen molar-refractivity contribution in [1.82, 2.24) is 10.6 Å². The predicted molar refractivity (Wildman–Crippen MR) is 73.9 cm³/mol. The van der Waals surface area contributed by atoms with Crippen LogP contribution in [0.15, 0.2) is 17.1 Å². The minimum Gasteiger partial charge on any atom is -0.469 e. The molecule has 0 fully saturated rings. The van der Waals surface area contributed by atoms with Crippen molar-refractivity contribution in [3.8, 4) is 0 Å². The van der Waals surface area contributed by atoms with E-state index < -0.39 is 0 Å². The fraction of sp³-hybridized carbons (Fsp3) is 0.500. The number of esters is 1. The van der Waals surface area contributed by atoms with Crippen LogP contribution in [-0.4, -0.2) is 32.6 Å². The second kappa shape index (κ2) is 7.71. The first kappa shape index (κ1) is 14.5. The Labute approximate surface area is 111 Å². The fourth-order valence-electron chi connectivity index (χ4n) is 1.36. The second-order valence-electron chi connectivity index (χ2n) is 3.69. The van der Waals surface area contributed by atoms with Gasteiger partial charge in [-0.05, 0) is 19.1 Å². The number of nitrogens with one attached hydrogen (secondary N) is 2. The largest absolute Gasteiger partial charge is 0.469 e. The molecule has 0 aliphatic carbocycles. The van der Waals surface area contributed by atoms with E-state index in [4.69, 9.17) is 0 Å². The number of hydrogen-bond donors (Lipinski definition) is 2. The number of ether oxygens (including phenoxy) is 1. The zero-order valence-corrected chi connectivity index (χ0v) is 11.8. The number of guanidine groups is 1. The van der Waals surface area contributed by atoms with Gasteiger partial charge in [-0.25, -0.2) is 0 Å². The summed E-state index contributed by atoms with van der Waals surface area (Å²) in [6, 6.07) is 4.18. The molecule has 18 heavy (non-hydrogen) atoms. The van der Waals surface area contributed by atoms with Crippen molar-refractivity contribution in [2.24, 2.45) is 4.99 Å². The molecular formula is C12H19N3O2S. The lowest BCUT2D eigenvalue weighted by Gasteiger charge is -2.10. The van der Waals surface area contributed by atoms with E-state index in [0.29, 0.717) is 18.9 Å². The van der Waals surface area contributed by atoms with E-state index in [0.717, 1.165) is 6.54 Å². The molecule has 0 saturated carbocycles. The molecule has 1 aromatic rings. The number of methoxy groups -OCH3 is 1. The molecule has 0 amide bonds. The first-order chi connectivity index (χ1) is 8.65. The number of carbonyl (C=O) groups excluding carboxylic acids is 1. The monoisotopic (exact) mass is 269 g/mol. The zero-order valence-electron chi connectivity index (χ0n) is 10.9. The standard InChI is InChI=1S/C12H19N3O2S/c1-9-4-5-10(18-9)8-15-12(13-2)14-7-6-11(16)17-3/h4-5H,6-8H2,1-3H3,(H2,13,14,15). The Kier molecular flexibility index (Phi) is 6.21. The summed E-state index contributed by atoms with van der Waals surface area (Å²) in [4.78, 5) is 17.6. The van der Waals surface area contributed by atoms with Gasteiger partial charge in [0.05, 0.1) is 20.1 Å². The maximum absolute atomic E-state index is 10.9. The van der Waals surface area contributed by atoms with E-state index in [2.05, 4.69) is 39.4 Å². The number of nitrogens with zero attached hydrogens (tertiary/aromatic N) is 1. The van der Waals surface area contributed by atoms with Crippen LogP contribution in [0, 0.1) is 6.92 Å². The summed E-state index contributed by atoms with van der Waals surface area (Å²) in [5.41, 5.74) is 0. The van der Waals surface area contributed by atoms with E-state index in [-0.39, 0.29) is 5.97 Å². The van der Waals surface area contributed by atoms with Gasteiger partial charge in [-0.3, -0.25) is 9.79 Å². The number of thiophene rings is 1. The Bertz CT molecular complexity index is 415. The van der Waals surface area contributed by atoms with Crippen molar-refractivity contribution in [3.05, 3.63) is 21.9 Å². The third kappa shape index (κ3) is 5.18. The van der Waals surface area contributed by atoms with Gasteiger partial charge in [-0.1, -0.05) is 0 Å². The number of aryl methyl sites for hydroxylation is 1. The Morgan fingerprint density at radius 3 is 2.78 bits per heavy atom. The second-order valence-corrected chi connectivity index (χ2v) is 5.06. The highest BCUT2D eigenvalue weighted by atomic mass is 32.1. The molecule has 0 aliphatic heterocycles. The summed E-state index contributed by atoms with van der Waals surface area (Å²) < 4.78 is 4.56. The summed E-state index contributed by atoms with van der Waals surface area (Å²) >= 11 is 1.75. The highest BCUT2D eigenvalue weighted by molar-refractivity contribution is 7.11. The molecule has 0 aliphatic rings. The van der Waals surface area contributed by atoms with Gasteiger partial charge in [0.25, 0.3) is 0 Å². The van der Waals surface area contributed by atoms with E-state index in [1.165, 1.54) is 16.9 Å². The topological polar surface area (TPSA) is 62.7 Å².